The topological polar surface area (TPSA) is 92.3 Å². The smallest absolute Gasteiger partial charge is 0.335 e. The first-order valence-corrected chi connectivity index (χ1v) is 9.23. The Bertz CT molecular complexity index is 1090. The average Bonchev–Trinajstić information content (AvgIpc) is 2.69. The first kappa shape index (κ1) is 19.6. The van der Waals surface area contributed by atoms with Gasteiger partial charge in [-0.05, 0) is 48.4 Å². The predicted molar refractivity (Wildman–Crippen MR) is 110 cm³/mol. The van der Waals surface area contributed by atoms with Crippen molar-refractivity contribution in [1.82, 2.24) is 9.97 Å². The van der Waals surface area contributed by atoms with Crippen LogP contribution in [0.2, 0.25) is 0 Å². The molecule has 0 aliphatic heterocycles. The zero-order chi connectivity index (χ0) is 20.1. The molecule has 0 amide bonds. The zero-order valence-electron chi connectivity index (χ0n) is 15.2. The third-order valence-corrected chi connectivity index (χ3v) is 4.41. The van der Waals surface area contributed by atoms with Crippen molar-refractivity contribution < 1.29 is 14.6 Å². The molecule has 0 saturated heterocycles. The van der Waals surface area contributed by atoms with Gasteiger partial charge in [-0.2, -0.15) is 0 Å². The summed E-state index contributed by atoms with van der Waals surface area (Å²) in [6, 6.07) is 11.6. The van der Waals surface area contributed by atoms with Crippen LogP contribution in [0, 0.1) is 0 Å². The van der Waals surface area contributed by atoms with Gasteiger partial charge >= 0.3 is 5.97 Å². The van der Waals surface area contributed by atoms with Crippen molar-refractivity contribution in [2.24, 2.45) is 0 Å². The third-order valence-electron chi connectivity index (χ3n) is 4.12. The minimum Gasteiger partial charge on any atom is -0.494 e. The van der Waals surface area contributed by atoms with Gasteiger partial charge in [0.25, 0.3) is 5.56 Å². The van der Waals surface area contributed by atoms with E-state index in [4.69, 9.17) is 21.4 Å². The van der Waals surface area contributed by atoms with E-state index in [1.54, 1.807) is 6.08 Å². The molecule has 0 unspecified atom stereocenters. The summed E-state index contributed by atoms with van der Waals surface area (Å²) >= 11 is 6.34. The van der Waals surface area contributed by atoms with Gasteiger partial charge in [-0.1, -0.05) is 37.1 Å². The van der Waals surface area contributed by atoms with Gasteiger partial charge in [0.05, 0.1) is 28.1 Å². The first-order valence-electron chi connectivity index (χ1n) is 8.85. The van der Waals surface area contributed by atoms with Gasteiger partial charge < -0.3 is 14.8 Å². The highest BCUT2D eigenvalue weighted by Crippen LogP contribution is 2.22. The largest absolute Gasteiger partial charge is 0.494 e. The van der Waals surface area contributed by atoms with E-state index >= 15 is 0 Å². The van der Waals surface area contributed by atoms with Crippen LogP contribution in [0.15, 0.2) is 47.3 Å². The zero-order valence-corrected chi connectivity index (χ0v) is 16.0. The number of nitrogens with zero attached hydrogens (tertiary/aromatic N) is 1. The second kappa shape index (κ2) is 8.71. The lowest BCUT2D eigenvalue weighted by atomic mass is 10.1. The Hall–Kier alpha value is -3.12. The number of halogens is 1. The molecule has 3 rings (SSSR count). The van der Waals surface area contributed by atoms with Crippen molar-refractivity contribution in [1.29, 1.82) is 0 Å². The number of hydrogen-bond acceptors (Lipinski definition) is 4. The molecular weight excluding hydrogens is 380 g/mol. The number of aromatic nitrogens is 2. The molecule has 3 aromatic rings. The fourth-order valence-electron chi connectivity index (χ4n) is 2.59. The maximum atomic E-state index is 12.3. The van der Waals surface area contributed by atoms with Crippen molar-refractivity contribution in [2.75, 3.05) is 6.61 Å². The Labute approximate surface area is 166 Å². The van der Waals surface area contributed by atoms with Gasteiger partial charge in [0.15, 0.2) is 5.82 Å². The number of ether oxygens (including phenoxy) is 1. The summed E-state index contributed by atoms with van der Waals surface area (Å²) in [6.07, 6.45) is 3.74. The van der Waals surface area contributed by atoms with Crippen molar-refractivity contribution in [3.8, 4) is 5.75 Å². The van der Waals surface area contributed by atoms with Crippen molar-refractivity contribution in [2.45, 2.75) is 19.8 Å². The third kappa shape index (κ3) is 4.58. The van der Waals surface area contributed by atoms with E-state index < -0.39 is 5.97 Å². The average molecular weight is 399 g/mol. The summed E-state index contributed by atoms with van der Waals surface area (Å²) in [5, 5.41) is 9.65. The molecule has 7 heteroatoms. The summed E-state index contributed by atoms with van der Waals surface area (Å²) in [5.41, 5.74) is 0.748. The highest BCUT2D eigenvalue weighted by atomic mass is 35.5. The normalized spacial score (nSPS) is 11.6. The molecule has 0 bridgehead atoms. The molecule has 1 aromatic heterocycles. The van der Waals surface area contributed by atoms with Gasteiger partial charge in [-0.15, -0.1) is 0 Å². The van der Waals surface area contributed by atoms with Crippen LogP contribution in [0.5, 0.6) is 5.75 Å². The molecule has 0 aliphatic carbocycles. The SMILES string of the molecule is CCCCOc1ccc(/C=C(\Cl)c2nc3cc(C(=O)O)ccc3c(=O)[nH]2)cc1. The summed E-state index contributed by atoms with van der Waals surface area (Å²) < 4.78 is 5.62. The molecule has 0 fully saturated rings. The molecule has 0 atom stereocenters. The Morgan fingerprint density at radius 3 is 2.68 bits per heavy atom. The van der Waals surface area contributed by atoms with Gasteiger partial charge in [-0.3, -0.25) is 4.79 Å². The fourth-order valence-corrected chi connectivity index (χ4v) is 2.81. The number of aromatic carboxylic acids is 1. The highest BCUT2D eigenvalue weighted by molar-refractivity contribution is 6.50. The molecule has 6 nitrogen and oxygen atoms in total. The maximum absolute atomic E-state index is 12.3. The van der Waals surface area contributed by atoms with Crippen LogP contribution in [0.4, 0.5) is 0 Å². The molecule has 2 aromatic carbocycles. The van der Waals surface area contributed by atoms with Crippen LogP contribution >= 0.6 is 11.6 Å². The van der Waals surface area contributed by atoms with E-state index in [9.17, 15) is 9.59 Å². The Balaban J connectivity index is 1.88. The fraction of sp³-hybridized carbons (Fsp3) is 0.190. The van der Waals surface area contributed by atoms with E-state index in [2.05, 4.69) is 16.9 Å². The Kier molecular flexibility index (Phi) is 6.11. The van der Waals surface area contributed by atoms with E-state index in [0.29, 0.717) is 12.0 Å². The second-order valence-corrected chi connectivity index (χ2v) is 6.62. The number of benzene rings is 2. The van der Waals surface area contributed by atoms with Crippen LogP contribution in [-0.2, 0) is 0 Å². The minimum atomic E-state index is -1.09. The van der Waals surface area contributed by atoms with Crippen LogP contribution in [0.3, 0.4) is 0 Å². The lowest BCUT2D eigenvalue weighted by Gasteiger charge is -2.06. The first-order chi connectivity index (χ1) is 13.5. The number of hydrogen-bond donors (Lipinski definition) is 2. The second-order valence-electron chi connectivity index (χ2n) is 6.21. The number of fused-ring (bicyclic) bond motifs is 1. The van der Waals surface area contributed by atoms with Crippen LogP contribution in [-0.4, -0.2) is 27.7 Å². The maximum Gasteiger partial charge on any atom is 0.335 e. The molecule has 2 N–H and O–H groups in total. The summed E-state index contributed by atoms with van der Waals surface area (Å²) in [4.78, 5) is 30.3. The number of unbranched alkanes of at least 4 members (excludes halogenated alkanes) is 1. The molecule has 1 heterocycles. The lowest BCUT2D eigenvalue weighted by Crippen LogP contribution is -2.11. The van der Waals surface area contributed by atoms with Crippen molar-refractivity contribution in [3.63, 3.8) is 0 Å². The number of H-pyrrole nitrogens is 1. The van der Waals surface area contributed by atoms with E-state index in [1.165, 1.54) is 18.2 Å². The number of nitrogens with one attached hydrogen (secondary N) is 1. The number of rotatable bonds is 7. The van der Waals surface area contributed by atoms with Crippen LogP contribution in [0.25, 0.3) is 22.0 Å². The Morgan fingerprint density at radius 1 is 1.25 bits per heavy atom. The standard InChI is InChI=1S/C21H19ClN2O4/c1-2-3-10-28-15-7-4-13(5-8-15)11-17(22)19-23-18-12-14(21(26)27)6-9-16(18)20(25)24-19/h4-9,11-12H,2-3,10H2,1H3,(H,26,27)(H,23,24,25)/b17-11-. The molecule has 0 saturated carbocycles. The summed E-state index contributed by atoms with van der Waals surface area (Å²) in [7, 11) is 0. The van der Waals surface area contributed by atoms with Crippen LogP contribution < -0.4 is 10.3 Å². The van der Waals surface area contributed by atoms with Crippen molar-refractivity contribution in [3.05, 3.63) is 69.8 Å². The Morgan fingerprint density at radius 2 is 2.00 bits per heavy atom. The summed E-state index contributed by atoms with van der Waals surface area (Å²) in [6.45, 7) is 2.78. The van der Waals surface area contributed by atoms with E-state index in [-0.39, 0.29) is 27.5 Å². The number of carbonyl (C=O) groups is 1. The van der Waals surface area contributed by atoms with Crippen LogP contribution in [0.1, 0.15) is 41.5 Å². The number of aromatic amines is 1. The van der Waals surface area contributed by atoms with Crippen molar-refractivity contribution >= 4 is 39.6 Å². The monoisotopic (exact) mass is 398 g/mol. The minimum absolute atomic E-state index is 0.0512. The van der Waals surface area contributed by atoms with Gasteiger partial charge in [0.1, 0.15) is 5.75 Å². The van der Waals surface area contributed by atoms with E-state index in [1.807, 2.05) is 24.3 Å². The van der Waals surface area contributed by atoms with Gasteiger partial charge in [0, 0.05) is 0 Å². The van der Waals surface area contributed by atoms with Gasteiger partial charge in [0.2, 0.25) is 0 Å². The molecule has 0 aliphatic rings. The number of carboxylic acid groups (broad SMARTS) is 1. The van der Waals surface area contributed by atoms with E-state index in [0.717, 1.165) is 24.2 Å². The number of carboxylic acids is 1. The highest BCUT2D eigenvalue weighted by Gasteiger charge is 2.10. The molecule has 0 spiro atoms. The van der Waals surface area contributed by atoms with Gasteiger partial charge in [-0.25, -0.2) is 9.78 Å². The predicted octanol–water partition coefficient (Wildman–Crippen LogP) is 4.54. The molecule has 0 radical (unpaired) electrons. The quantitative estimate of drug-likeness (QED) is 0.570. The lowest BCUT2D eigenvalue weighted by molar-refractivity contribution is 0.0697. The molecule has 144 valence electrons. The molecular formula is C21H19ClN2O4. The molecule has 28 heavy (non-hydrogen) atoms. The summed E-state index contributed by atoms with van der Waals surface area (Å²) in [5.74, 6) is -0.140.